The number of nitrogens with two attached hydrogens (primary N) is 1. The van der Waals surface area contributed by atoms with Crippen molar-refractivity contribution in [1.82, 2.24) is 4.57 Å². The maximum absolute atomic E-state index is 9.17. The van der Waals surface area contributed by atoms with Gasteiger partial charge in [0.2, 0.25) is 0 Å². The van der Waals surface area contributed by atoms with Gasteiger partial charge in [0.25, 0.3) is 0 Å². The lowest BCUT2D eigenvalue weighted by Gasteiger charge is -2.15. The normalized spacial score (nSPS) is 11.7. The number of benzene rings is 1. The minimum absolute atomic E-state index is 0.464. The number of aromatic nitrogens is 1. The Hall–Kier alpha value is -1.77. The number of hydrogen-bond acceptors (Lipinski definition) is 3. The van der Waals surface area contributed by atoms with Gasteiger partial charge in [-0.15, -0.1) is 0 Å². The fourth-order valence-corrected chi connectivity index (χ4v) is 2.80. The summed E-state index contributed by atoms with van der Waals surface area (Å²) in [6.45, 7) is 8.22. The molecule has 0 aliphatic carbocycles. The van der Waals surface area contributed by atoms with Gasteiger partial charge in [0, 0.05) is 32.0 Å². The highest BCUT2D eigenvalue weighted by atomic mass is 28.3. The summed E-state index contributed by atoms with van der Waals surface area (Å²) in [4.78, 5) is 0. The number of anilines is 1. The molecule has 0 saturated heterocycles. The second kappa shape index (κ2) is 5.69. The molecule has 1 aromatic carbocycles. The number of nitrogens with zero attached hydrogens (tertiary/aromatic N) is 2. The van der Waals surface area contributed by atoms with Crippen LogP contribution in [0.2, 0.25) is 25.7 Å². The molecule has 0 aliphatic heterocycles. The molecule has 0 amide bonds. The van der Waals surface area contributed by atoms with Gasteiger partial charge < -0.3 is 15.0 Å². The van der Waals surface area contributed by atoms with Crippen LogP contribution in [0.15, 0.2) is 24.4 Å². The van der Waals surface area contributed by atoms with Gasteiger partial charge in [-0.05, 0) is 24.2 Å². The summed E-state index contributed by atoms with van der Waals surface area (Å²) in [5, 5.41) is 10.1. The first-order valence-electron chi connectivity index (χ1n) is 6.77. The average Bonchev–Trinajstić information content (AvgIpc) is 2.71. The summed E-state index contributed by atoms with van der Waals surface area (Å²) in [6, 6.07) is 8.95. The molecule has 0 spiro atoms. The van der Waals surface area contributed by atoms with Crippen molar-refractivity contribution < 1.29 is 4.74 Å². The highest BCUT2D eigenvalue weighted by molar-refractivity contribution is 6.76. The van der Waals surface area contributed by atoms with Crippen LogP contribution in [0.4, 0.5) is 5.69 Å². The SMILES string of the molecule is C[Si](C)(C)CCOCn1cc(C#N)c2ccc(N)cc21. The van der Waals surface area contributed by atoms with E-state index in [9.17, 15) is 0 Å². The van der Waals surface area contributed by atoms with E-state index >= 15 is 0 Å². The third-order valence-corrected chi connectivity index (χ3v) is 4.96. The molecule has 0 unspecified atom stereocenters. The molecular formula is C15H21N3OSi. The van der Waals surface area contributed by atoms with E-state index < -0.39 is 8.07 Å². The average molecular weight is 287 g/mol. The quantitative estimate of drug-likeness (QED) is 0.520. The fourth-order valence-electron chi connectivity index (χ4n) is 2.05. The van der Waals surface area contributed by atoms with Crippen LogP contribution < -0.4 is 5.73 Å². The van der Waals surface area contributed by atoms with Crippen molar-refractivity contribution in [3.05, 3.63) is 30.0 Å². The highest BCUT2D eigenvalue weighted by Crippen LogP contribution is 2.23. The molecule has 20 heavy (non-hydrogen) atoms. The van der Waals surface area contributed by atoms with E-state index in [4.69, 9.17) is 15.7 Å². The van der Waals surface area contributed by atoms with E-state index in [0.717, 1.165) is 23.6 Å². The highest BCUT2D eigenvalue weighted by Gasteiger charge is 2.13. The number of rotatable bonds is 5. The first kappa shape index (κ1) is 14.6. The smallest absolute Gasteiger partial charge is 0.122 e. The van der Waals surface area contributed by atoms with Crippen molar-refractivity contribution >= 4 is 24.7 Å². The molecule has 2 rings (SSSR count). The first-order valence-corrected chi connectivity index (χ1v) is 10.5. The van der Waals surface area contributed by atoms with Crippen molar-refractivity contribution in [2.75, 3.05) is 12.3 Å². The summed E-state index contributed by atoms with van der Waals surface area (Å²) < 4.78 is 7.70. The van der Waals surface area contributed by atoms with Gasteiger partial charge in [-0.2, -0.15) is 5.26 Å². The third-order valence-electron chi connectivity index (χ3n) is 3.25. The van der Waals surface area contributed by atoms with Crippen molar-refractivity contribution in [3.63, 3.8) is 0 Å². The predicted octanol–water partition coefficient (Wildman–Crippen LogP) is 3.41. The molecule has 0 atom stereocenters. The third kappa shape index (κ3) is 3.41. The zero-order chi connectivity index (χ0) is 14.8. The van der Waals surface area contributed by atoms with E-state index in [2.05, 4.69) is 25.7 Å². The van der Waals surface area contributed by atoms with E-state index in [1.54, 1.807) is 0 Å². The van der Waals surface area contributed by atoms with Crippen LogP contribution in [0.1, 0.15) is 5.56 Å². The topological polar surface area (TPSA) is 64.0 Å². The molecular weight excluding hydrogens is 266 g/mol. The Labute approximate surface area is 120 Å². The maximum atomic E-state index is 9.17. The van der Waals surface area contributed by atoms with E-state index in [0.29, 0.717) is 18.0 Å². The molecule has 1 heterocycles. The van der Waals surface area contributed by atoms with Gasteiger partial charge >= 0.3 is 0 Å². The summed E-state index contributed by atoms with van der Waals surface area (Å²) in [5.74, 6) is 0. The number of nitrogen functional groups attached to an aromatic ring is 1. The molecule has 2 aromatic rings. The molecule has 0 radical (unpaired) electrons. The van der Waals surface area contributed by atoms with Crippen molar-refractivity contribution in [2.24, 2.45) is 0 Å². The van der Waals surface area contributed by atoms with Crippen LogP contribution in [0.25, 0.3) is 10.9 Å². The standard InChI is InChI=1S/C15H21N3OSi/c1-20(2,3)7-6-19-11-18-10-12(9-16)14-5-4-13(17)8-15(14)18/h4-5,8,10H,6-7,11,17H2,1-3H3. The zero-order valence-corrected chi connectivity index (χ0v) is 13.3. The van der Waals surface area contributed by atoms with Crippen LogP contribution >= 0.6 is 0 Å². The summed E-state index contributed by atoms with van der Waals surface area (Å²) >= 11 is 0. The van der Waals surface area contributed by atoms with Gasteiger partial charge in [-0.25, -0.2) is 0 Å². The second-order valence-electron chi connectivity index (χ2n) is 6.25. The van der Waals surface area contributed by atoms with Crippen LogP contribution in [0.3, 0.4) is 0 Å². The monoisotopic (exact) mass is 287 g/mol. The largest absolute Gasteiger partial charge is 0.399 e. The fraction of sp³-hybridized carbons (Fsp3) is 0.400. The Bertz CT molecular complexity index is 649. The van der Waals surface area contributed by atoms with E-state index in [1.165, 1.54) is 0 Å². The lowest BCUT2D eigenvalue weighted by Crippen LogP contribution is -2.21. The van der Waals surface area contributed by atoms with E-state index in [-0.39, 0.29) is 0 Å². The predicted molar refractivity (Wildman–Crippen MR) is 85.2 cm³/mol. The number of nitriles is 1. The second-order valence-corrected chi connectivity index (χ2v) is 11.9. The van der Waals surface area contributed by atoms with Crippen molar-refractivity contribution in [1.29, 1.82) is 5.26 Å². The Balaban J connectivity index is 2.14. The summed E-state index contributed by atoms with van der Waals surface area (Å²) in [7, 11) is -1.07. The van der Waals surface area contributed by atoms with Crippen LogP contribution in [0.5, 0.6) is 0 Å². The lowest BCUT2D eigenvalue weighted by atomic mass is 10.2. The Morgan fingerprint density at radius 2 is 2.10 bits per heavy atom. The van der Waals surface area contributed by atoms with Gasteiger partial charge in [0.05, 0.1) is 11.1 Å². The molecule has 106 valence electrons. The van der Waals surface area contributed by atoms with Crippen LogP contribution in [-0.4, -0.2) is 19.2 Å². The van der Waals surface area contributed by atoms with Crippen LogP contribution in [0, 0.1) is 11.3 Å². The Morgan fingerprint density at radius 3 is 2.75 bits per heavy atom. The molecule has 0 saturated carbocycles. The lowest BCUT2D eigenvalue weighted by molar-refractivity contribution is 0.0902. The van der Waals surface area contributed by atoms with E-state index in [1.807, 2.05) is 29.0 Å². The minimum Gasteiger partial charge on any atom is -0.399 e. The summed E-state index contributed by atoms with van der Waals surface area (Å²) in [5.41, 5.74) is 8.14. The number of hydrogen-bond donors (Lipinski definition) is 1. The maximum Gasteiger partial charge on any atom is 0.122 e. The van der Waals surface area contributed by atoms with Gasteiger partial charge in [0.1, 0.15) is 12.8 Å². The molecule has 1 aromatic heterocycles. The van der Waals surface area contributed by atoms with Gasteiger partial charge in [0.15, 0.2) is 0 Å². The van der Waals surface area contributed by atoms with Crippen molar-refractivity contribution in [2.45, 2.75) is 32.4 Å². The first-order chi connectivity index (χ1) is 9.40. The number of ether oxygens (including phenoxy) is 1. The molecule has 0 aliphatic rings. The van der Waals surface area contributed by atoms with Gasteiger partial charge in [-0.3, -0.25) is 0 Å². The summed E-state index contributed by atoms with van der Waals surface area (Å²) in [6.07, 6.45) is 1.83. The molecule has 4 nitrogen and oxygen atoms in total. The van der Waals surface area contributed by atoms with Crippen LogP contribution in [-0.2, 0) is 11.5 Å². The zero-order valence-electron chi connectivity index (χ0n) is 12.3. The van der Waals surface area contributed by atoms with Crippen molar-refractivity contribution in [3.8, 4) is 6.07 Å². The van der Waals surface area contributed by atoms with Gasteiger partial charge in [-0.1, -0.05) is 19.6 Å². The molecule has 5 heteroatoms. The Morgan fingerprint density at radius 1 is 1.35 bits per heavy atom. The minimum atomic E-state index is -1.07. The molecule has 2 N–H and O–H groups in total. The Kier molecular flexibility index (Phi) is 4.17. The number of fused-ring (bicyclic) bond motifs is 1. The molecule has 0 fully saturated rings. The molecule has 0 bridgehead atoms.